The lowest BCUT2D eigenvalue weighted by atomic mass is 10.1. The summed E-state index contributed by atoms with van der Waals surface area (Å²) in [4.78, 5) is 12.1. The van der Waals surface area contributed by atoms with E-state index in [0.717, 1.165) is 55.7 Å². The van der Waals surface area contributed by atoms with Crippen LogP contribution >= 0.6 is 0 Å². The van der Waals surface area contributed by atoms with E-state index >= 15 is 0 Å². The van der Waals surface area contributed by atoms with Gasteiger partial charge in [-0.15, -0.1) is 0 Å². The number of benzene rings is 1. The van der Waals surface area contributed by atoms with E-state index in [4.69, 9.17) is 15.2 Å². The van der Waals surface area contributed by atoms with Gasteiger partial charge in [-0.05, 0) is 39.3 Å². The van der Waals surface area contributed by atoms with Crippen LogP contribution in [0.2, 0.25) is 0 Å². The van der Waals surface area contributed by atoms with Crippen molar-refractivity contribution in [3.8, 4) is 11.5 Å². The van der Waals surface area contributed by atoms with E-state index < -0.39 is 0 Å². The van der Waals surface area contributed by atoms with Crippen molar-refractivity contribution in [2.24, 2.45) is 5.73 Å². The number of nitrogens with one attached hydrogen (secondary N) is 1. The molecule has 23 heavy (non-hydrogen) atoms. The Bertz CT molecular complexity index is 531. The van der Waals surface area contributed by atoms with Crippen LogP contribution in [0.4, 0.5) is 5.69 Å². The molecule has 0 saturated heterocycles. The average Bonchev–Trinajstić information content (AvgIpc) is 2.86. The summed E-state index contributed by atoms with van der Waals surface area (Å²) in [6, 6.07) is 3.87. The molecule has 128 valence electrons. The van der Waals surface area contributed by atoms with Gasteiger partial charge in [-0.1, -0.05) is 12.8 Å². The second-order valence-corrected chi connectivity index (χ2v) is 6.02. The summed E-state index contributed by atoms with van der Waals surface area (Å²) in [6.45, 7) is 5.27. The number of carbonyl (C=O) groups is 1. The average molecular weight is 320 g/mol. The Morgan fingerprint density at radius 1 is 1.35 bits per heavy atom. The number of carbonyl (C=O) groups excluding carboxylic acids is 1. The summed E-state index contributed by atoms with van der Waals surface area (Å²) < 4.78 is 11.4. The minimum atomic E-state index is 0.0182. The molecule has 0 aromatic heterocycles. The number of anilines is 1. The number of amides is 1. The third kappa shape index (κ3) is 5.13. The lowest BCUT2D eigenvalue weighted by Gasteiger charge is -2.13. The van der Waals surface area contributed by atoms with Crippen molar-refractivity contribution in [2.45, 2.75) is 58.5 Å². The van der Waals surface area contributed by atoms with Crippen LogP contribution in [0.25, 0.3) is 0 Å². The Balaban J connectivity index is 1.95. The second-order valence-electron chi connectivity index (χ2n) is 6.02. The molecule has 1 atom stereocenters. The highest BCUT2D eigenvalue weighted by atomic mass is 16.5. The Kier molecular flexibility index (Phi) is 6.71. The molecular formula is C18H28N2O3. The number of hydrogen-bond donors (Lipinski definition) is 2. The quantitative estimate of drug-likeness (QED) is 0.685. The van der Waals surface area contributed by atoms with Gasteiger partial charge in [0.2, 0.25) is 5.91 Å². The maximum atomic E-state index is 12.1. The molecule has 0 aliphatic carbocycles. The fraction of sp³-hybridized carbons (Fsp3) is 0.611. The van der Waals surface area contributed by atoms with Gasteiger partial charge in [-0.3, -0.25) is 4.79 Å². The second kappa shape index (κ2) is 8.77. The Morgan fingerprint density at radius 2 is 2.13 bits per heavy atom. The molecule has 1 heterocycles. The van der Waals surface area contributed by atoms with Crippen molar-refractivity contribution in [1.29, 1.82) is 0 Å². The van der Waals surface area contributed by atoms with Crippen molar-refractivity contribution in [3.05, 3.63) is 17.7 Å². The van der Waals surface area contributed by atoms with Crippen molar-refractivity contribution < 1.29 is 14.3 Å². The van der Waals surface area contributed by atoms with Crippen LogP contribution in [0.5, 0.6) is 11.5 Å². The fourth-order valence-corrected chi connectivity index (χ4v) is 2.81. The molecular weight excluding hydrogens is 292 g/mol. The highest BCUT2D eigenvalue weighted by molar-refractivity contribution is 5.92. The summed E-state index contributed by atoms with van der Waals surface area (Å²) in [7, 11) is 0. The molecule has 5 nitrogen and oxygen atoms in total. The van der Waals surface area contributed by atoms with Gasteiger partial charge in [0.1, 0.15) is 17.6 Å². The normalized spacial score (nSPS) is 15.9. The van der Waals surface area contributed by atoms with Gasteiger partial charge in [0.05, 0.1) is 12.3 Å². The zero-order chi connectivity index (χ0) is 16.7. The first kappa shape index (κ1) is 17.6. The summed E-state index contributed by atoms with van der Waals surface area (Å²) in [5.74, 6) is 1.59. The predicted molar refractivity (Wildman–Crippen MR) is 92.2 cm³/mol. The number of nitrogens with two attached hydrogens (primary N) is 1. The molecule has 1 aliphatic heterocycles. The van der Waals surface area contributed by atoms with Crippen LogP contribution < -0.4 is 20.5 Å². The van der Waals surface area contributed by atoms with E-state index in [1.807, 2.05) is 26.0 Å². The lowest BCUT2D eigenvalue weighted by Crippen LogP contribution is -2.12. The van der Waals surface area contributed by atoms with E-state index in [2.05, 4.69) is 5.32 Å². The maximum absolute atomic E-state index is 12.1. The number of ether oxygens (including phenoxy) is 2. The van der Waals surface area contributed by atoms with E-state index in [1.54, 1.807) is 0 Å². The highest BCUT2D eigenvalue weighted by Gasteiger charge is 2.22. The van der Waals surface area contributed by atoms with Gasteiger partial charge in [-0.25, -0.2) is 0 Å². The molecule has 0 radical (unpaired) electrons. The first-order valence-electron chi connectivity index (χ1n) is 8.60. The summed E-state index contributed by atoms with van der Waals surface area (Å²) in [5.41, 5.74) is 7.31. The number of fused-ring (bicyclic) bond motifs is 1. The first-order chi connectivity index (χ1) is 11.1. The molecule has 1 amide bonds. The van der Waals surface area contributed by atoms with E-state index in [1.165, 1.54) is 0 Å². The number of rotatable bonds is 9. The summed E-state index contributed by atoms with van der Waals surface area (Å²) >= 11 is 0. The van der Waals surface area contributed by atoms with Crippen LogP contribution in [0.15, 0.2) is 12.1 Å². The maximum Gasteiger partial charge on any atom is 0.224 e. The molecule has 0 saturated carbocycles. The number of hydrogen-bond acceptors (Lipinski definition) is 4. The van der Waals surface area contributed by atoms with Crippen LogP contribution in [0.3, 0.4) is 0 Å². The molecule has 1 unspecified atom stereocenters. The largest absolute Gasteiger partial charge is 0.492 e. The lowest BCUT2D eigenvalue weighted by molar-refractivity contribution is -0.116. The smallest absolute Gasteiger partial charge is 0.224 e. The standard InChI is InChI=1S/C18H28N2O3/c1-3-22-17-11-14-10-13(2)23-16(14)12-15(17)20-18(21)8-6-4-5-7-9-19/h11-13H,3-10,19H2,1-2H3,(H,20,21). The Labute approximate surface area is 138 Å². The topological polar surface area (TPSA) is 73.6 Å². The first-order valence-corrected chi connectivity index (χ1v) is 8.60. The predicted octanol–water partition coefficient (Wildman–Crippen LogP) is 3.26. The van der Waals surface area contributed by atoms with Crippen LogP contribution in [0.1, 0.15) is 51.5 Å². The third-order valence-electron chi connectivity index (χ3n) is 3.93. The minimum Gasteiger partial charge on any atom is -0.492 e. The molecule has 1 aliphatic rings. The van der Waals surface area contributed by atoms with Crippen molar-refractivity contribution in [2.75, 3.05) is 18.5 Å². The van der Waals surface area contributed by atoms with Gasteiger partial charge < -0.3 is 20.5 Å². The fourth-order valence-electron chi connectivity index (χ4n) is 2.81. The van der Waals surface area contributed by atoms with Gasteiger partial charge in [-0.2, -0.15) is 0 Å². The van der Waals surface area contributed by atoms with Gasteiger partial charge in [0, 0.05) is 24.5 Å². The molecule has 0 bridgehead atoms. The minimum absolute atomic E-state index is 0.0182. The van der Waals surface area contributed by atoms with Crippen molar-refractivity contribution in [3.63, 3.8) is 0 Å². The van der Waals surface area contributed by atoms with E-state index in [0.29, 0.717) is 18.7 Å². The zero-order valence-corrected chi connectivity index (χ0v) is 14.2. The molecule has 1 aromatic carbocycles. The number of unbranched alkanes of at least 4 members (excludes halogenated alkanes) is 3. The Morgan fingerprint density at radius 3 is 2.87 bits per heavy atom. The molecule has 0 fully saturated rings. The molecule has 5 heteroatoms. The van der Waals surface area contributed by atoms with Crippen molar-refractivity contribution >= 4 is 11.6 Å². The Hall–Kier alpha value is -1.75. The van der Waals surface area contributed by atoms with Gasteiger partial charge in [0.15, 0.2) is 0 Å². The third-order valence-corrected chi connectivity index (χ3v) is 3.93. The molecule has 3 N–H and O–H groups in total. The zero-order valence-electron chi connectivity index (χ0n) is 14.2. The monoisotopic (exact) mass is 320 g/mol. The van der Waals surface area contributed by atoms with Gasteiger partial charge >= 0.3 is 0 Å². The summed E-state index contributed by atoms with van der Waals surface area (Å²) in [6.07, 6.45) is 5.60. The van der Waals surface area contributed by atoms with Crippen LogP contribution in [-0.4, -0.2) is 25.2 Å². The van der Waals surface area contributed by atoms with E-state index in [-0.39, 0.29) is 12.0 Å². The van der Waals surface area contributed by atoms with Gasteiger partial charge in [0.25, 0.3) is 0 Å². The highest BCUT2D eigenvalue weighted by Crippen LogP contribution is 2.38. The molecule has 0 spiro atoms. The molecule has 1 aromatic rings. The van der Waals surface area contributed by atoms with Crippen LogP contribution in [-0.2, 0) is 11.2 Å². The van der Waals surface area contributed by atoms with Crippen LogP contribution in [0, 0.1) is 0 Å². The van der Waals surface area contributed by atoms with Crippen molar-refractivity contribution in [1.82, 2.24) is 0 Å². The summed E-state index contributed by atoms with van der Waals surface area (Å²) in [5, 5.41) is 2.96. The molecule has 2 rings (SSSR count). The van der Waals surface area contributed by atoms with E-state index in [9.17, 15) is 4.79 Å². The SMILES string of the molecule is CCOc1cc2c(cc1NC(=O)CCCCCCN)OC(C)C2.